The Bertz CT molecular complexity index is 1040. The van der Waals surface area contributed by atoms with E-state index in [0.717, 1.165) is 22.5 Å². The molecule has 6 nitrogen and oxygen atoms in total. The van der Waals surface area contributed by atoms with Gasteiger partial charge in [-0.15, -0.1) is 0 Å². The second-order valence-corrected chi connectivity index (χ2v) is 8.69. The lowest BCUT2D eigenvalue weighted by atomic mass is 9.88. The summed E-state index contributed by atoms with van der Waals surface area (Å²) in [6.45, 7) is 6.28. The minimum atomic E-state index is -2.91. The molecule has 2 aliphatic heterocycles. The van der Waals surface area contributed by atoms with Gasteiger partial charge in [-0.3, -0.25) is 0 Å². The second kappa shape index (κ2) is 7.95. The van der Waals surface area contributed by atoms with Gasteiger partial charge in [0.15, 0.2) is 0 Å². The number of piperidine rings is 1. The van der Waals surface area contributed by atoms with Crippen LogP contribution in [-0.2, 0) is 11.3 Å². The van der Waals surface area contributed by atoms with E-state index in [1.54, 1.807) is 21.8 Å². The Balaban J connectivity index is 1.28. The summed E-state index contributed by atoms with van der Waals surface area (Å²) >= 11 is 0. The third kappa shape index (κ3) is 3.79. The van der Waals surface area contributed by atoms with Gasteiger partial charge in [0.25, 0.3) is 5.92 Å². The molecule has 1 saturated carbocycles. The molecule has 0 aromatic carbocycles. The first-order valence-electron chi connectivity index (χ1n) is 10.9. The van der Waals surface area contributed by atoms with Crippen LogP contribution in [0.3, 0.4) is 0 Å². The van der Waals surface area contributed by atoms with E-state index in [0.29, 0.717) is 37.6 Å². The SMILES string of the molecule is C=C1OCc2cn(-c3ccc(N4CCC(NC5CC(F)C5)C(F)(F)C4)nc3)nc2/C1=C/C. The third-order valence-electron chi connectivity index (χ3n) is 6.47. The molecule has 2 aromatic heterocycles. The van der Waals surface area contributed by atoms with Crippen molar-refractivity contribution in [2.75, 3.05) is 18.0 Å². The standard InChI is InChI=1S/C23H26F3N5O/c1-3-19-14(2)32-12-15-11-31(29-22(15)19)18-4-5-21(27-10-18)30-7-6-20(23(25,26)13-30)28-17-8-16(24)9-17/h3-5,10-11,16-17,20,28H,2,6-9,12-13H2,1H3/b19-3+. The summed E-state index contributed by atoms with van der Waals surface area (Å²) in [5.74, 6) is -1.81. The van der Waals surface area contributed by atoms with Gasteiger partial charge in [0.2, 0.25) is 0 Å². The quantitative estimate of drug-likeness (QED) is 0.771. The number of fused-ring (bicyclic) bond motifs is 1. The predicted octanol–water partition coefficient (Wildman–Crippen LogP) is 4.02. The van der Waals surface area contributed by atoms with Crippen LogP contribution in [0.15, 0.2) is 42.9 Å². The summed E-state index contributed by atoms with van der Waals surface area (Å²) < 4.78 is 49.8. The van der Waals surface area contributed by atoms with Crippen LogP contribution in [0.1, 0.15) is 37.4 Å². The average Bonchev–Trinajstić information content (AvgIpc) is 3.18. The Hall–Kier alpha value is -2.81. The second-order valence-electron chi connectivity index (χ2n) is 8.69. The molecule has 2 fully saturated rings. The minimum Gasteiger partial charge on any atom is -0.489 e. The van der Waals surface area contributed by atoms with Crippen LogP contribution in [0, 0.1) is 0 Å². The zero-order valence-electron chi connectivity index (χ0n) is 17.9. The molecule has 32 heavy (non-hydrogen) atoms. The number of pyridine rings is 1. The minimum absolute atomic E-state index is 0.143. The molecule has 5 rings (SSSR count). The lowest BCUT2D eigenvalue weighted by Gasteiger charge is -2.42. The Morgan fingerprint density at radius 1 is 1.31 bits per heavy atom. The predicted molar refractivity (Wildman–Crippen MR) is 116 cm³/mol. The number of alkyl halides is 3. The number of allylic oxidation sites excluding steroid dienone is 2. The van der Waals surface area contributed by atoms with Crippen LogP contribution in [0.4, 0.5) is 19.0 Å². The fourth-order valence-corrected chi connectivity index (χ4v) is 4.56. The lowest BCUT2D eigenvalue weighted by molar-refractivity contribution is -0.0525. The lowest BCUT2D eigenvalue weighted by Crippen LogP contribution is -2.61. The number of rotatable bonds is 4. The third-order valence-corrected chi connectivity index (χ3v) is 6.47. The van der Waals surface area contributed by atoms with Crippen molar-refractivity contribution in [3.63, 3.8) is 0 Å². The summed E-state index contributed by atoms with van der Waals surface area (Å²) in [5.41, 5.74) is 3.37. The summed E-state index contributed by atoms with van der Waals surface area (Å²) in [6, 6.07) is 2.49. The van der Waals surface area contributed by atoms with Gasteiger partial charge in [-0.25, -0.2) is 22.8 Å². The topological polar surface area (TPSA) is 55.2 Å². The van der Waals surface area contributed by atoms with Crippen molar-refractivity contribution in [1.29, 1.82) is 0 Å². The fraction of sp³-hybridized carbons (Fsp3) is 0.478. The van der Waals surface area contributed by atoms with E-state index in [1.807, 2.05) is 25.3 Å². The highest BCUT2D eigenvalue weighted by Crippen LogP contribution is 2.34. The maximum atomic E-state index is 14.7. The van der Waals surface area contributed by atoms with E-state index in [-0.39, 0.29) is 12.5 Å². The van der Waals surface area contributed by atoms with Gasteiger partial charge in [-0.1, -0.05) is 12.7 Å². The van der Waals surface area contributed by atoms with Crippen molar-refractivity contribution >= 4 is 11.4 Å². The molecule has 1 atom stereocenters. The van der Waals surface area contributed by atoms with Crippen molar-refractivity contribution in [2.45, 2.75) is 57.0 Å². The van der Waals surface area contributed by atoms with Crippen molar-refractivity contribution in [3.8, 4) is 5.69 Å². The van der Waals surface area contributed by atoms with Crippen LogP contribution in [0.2, 0.25) is 0 Å². The molecule has 9 heteroatoms. The van der Waals surface area contributed by atoms with Crippen molar-refractivity contribution in [1.82, 2.24) is 20.1 Å². The molecule has 0 spiro atoms. The number of nitrogens with one attached hydrogen (secondary N) is 1. The number of hydrogen-bond acceptors (Lipinski definition) is 5. The zero-order valence-corrected chi connectivity index (χ0v) is 17.9. The average molecular weight is 445 g/mol. The van der Waals surface area contributed by atoms with E-state index < -0.39 is 24.7 Å². The summed E-state index contributed by atoms with van der Waals surface area (Å²) in [5, 5.41) is 7.59. The molecule has 1 N–H and O–H groups in total. The van der Waals surface area contributed by atoms with Crippen LogP contribution in [0.5, 0.6) is 0 Å². The van der Waals surface area contributed by atoms with E-state index >= 15 is 0 Å². The summed E-state index contributed by atoms with van der Waals surface area (Å²) in [6.07, 6.45) is 5.51. The van der Waals surface area contributed by atoms with Gasteiger partial charge in [0, 0.05) is 29.9 Å². The van der Waals surface area contributed by atoms with Gasteiger partial charge >= 0.3 is 0 Å². The summed E-state index contributed by atoms with van der Waals surface area (Å²) in [4.78, 5) is 6.03. The Kier molecular flexibility index (Phi) is 5.23. The molecule has 4 heterocycles. The van der Waals surface area contributed by atoms with Gasteiger partial charge < -0.3 is 15.0 Å². The first-order valence-corrected chi connectivity index (χ1v) is 10.9. The maximum absolute atomic E-state index is 14.7. The highest BCUT2D eigenvalue weighted by atomic mass is 19.3. The highest BCUT2D eigenvalue weighted by molar-refractivity contribution is 5.77. The Morgan fingerprint density at radius 2 is 2.12 bits per heavy atom. The Morgan fingerprint density at radius 3 is 2.78 bits per heavy atom. The van der Waals surface area contributed by atoms with Crippen LogP contribution in [-0.4, -0.2) is 52.0 Å². The normalized spacial score (nSPS) is 28.2. The molecule has 3 aliphatic rings. The number of hydrogen-bond donors (Lipinski definition) is 1. The number of aromatic nitrogens is 3. The van der Waals surface area contributed by atoms with Gasteiger partial charge in [-0.2, -0.15) is 5.10 Å². The molecule has 2 aromatic rings. The zero-order chi connectivity index (χ0) is 22.5. The van der Waals surface area contributed by atoms with E-state index in [9.17, 15) is 13.2 Å². The maximum Gasteiger partial charge on any atom is 0.280 e. The fourth-order valence-electron chi connectivity index (χ4n) is 4.56. The van der Waals surface area contributed by atoms with E-state index in [1.165, 1.54) is 0 Å². The highest BCUT2D eigenvalue weighted by Gasteiger charge is 2.46. The monoisotopic (exact) mass is 445 g/mol. The van der Waals surface area contributed by atoms with E-state index in [4.69, 9.17) is 4.74 Å². The number of ether oxygens (including phenoxy) is 1. The molecule has 170 valence electrons. The Labute approximate surface area is 184 Å². The molecule has 1 unspecified atom stereocenters. The first kappa shape index (κ1) is 21.1. The largest absolute Gasteiger partial charge is 0.489 e. The van der Waals surface area contributed by atoms with Gasteiger partial charge in [-0.05, 0) is 38.3 Å². The molecule has 1 aliphatic carbocycles. The van der Waals surface area contributed by atoms with Gasteiger partial charge in [0.1, 0.15) is 30.0 Å². The molecule has 0 bridgehead atoms. The van der Waals surface area contributed by atoms with Crippen LogP contribution < -0.4 is 10.2 Å². The van der Waals surface area contributed by atoms with Crippen molar-refractivity contribution < 1.29 is 17.9 Å². The van der Waals surface area contributed by atoms with Crippen LogP contribution in [0.25, 0.3) is 11.3 Å². The first-order chi connectivity index (χ1) is 15.3. The molecule has 0 radical (unpaired) electrons. The number of nitrogens with zero attached hydrogens (tertiary/aromatic N) is 4. The van der Waals surface area contributed by atoms with Gasteiger partial charge in [0.05, 0.1) is 24.5 Å². The molecular weight excluding hydrogens is 419 g/mol. The smallest absolute Gasteiger partial charge is 0.280 e. The molecule has 0 amide bonds. The number of anilines is 1. The molecule has 1 saturated heterocycles. The van der Waals surface area contributed by atoms with E-state index in [2.05, 4.69) is 22.0 Å². The molecular formula is C23H26F3N5O. The number of halogens is 3. The van der Waals surface area contributed by atoms with Crippen molar-refractivity contribution in [3.05, 3.63) is 54.2 Å². The van der Waals surface area contributed by atoms with Crippen molar-refractivity contribution in [2.24, 2.45) is 0 Å². The summed E-state index contributed by atoms with van der Waals surface area (Å²) in [7, 11) is 0. The van der Waals surface area contributed by atoms with Crippen LogP contribution >= 0.6 is 0 Å².